The van der Waals surface area contributed by atoms with Gasteiger partial charge in [-0.1, -0.05) is 0 Å². The van der Waals surface area contributed by atoms with Gasteiger partial charge in [0.25, 0.3) is 5.91 Å². The van der Waals surface area contributed by atoms with Gasteiger partial charge in [-0.05, 0) is 41.4 Å². The standard InChI is InChI=1S/C12H13BrN4OS/c1-7(11-16-15-10-3-2-6-17(10)11)14-12(18)8-4-5-9(13)19-8/h4-5,7H,2-3,6H2,1H3,(H,14,18)/t7-/m0/s1. The van der Waals surface area contributed by atoms with Crippen LogP contribution >= 0.6 is 27.3 Å². The minimum absolute atomic E-state index is 0.0708. The number of fused-ring (bicyclic) bond motifs is 1. The Kier molecular flexibility index (Phi) is 3.40. The van der Waals surface area contributed by atoms with Gasteiger partial charge in [-0.15, -0.1) is 21.5 Å². The van der Waals surface area contributed by atoms with Gasteiger partial charge in [-0.2, -0.15) is 0 Å². The lowest BCUT2D eigenvalue weighted by Crippen LogP contribution is -2.28. The molecule has 3 heterocycles. The van der Waals surface area contributed by atoms with E-state index >= 15 is 0 Å². The van der Waals surface area contributed by atoms with Gasteiger partial charge in [0.2, 0.25) is 0 Å². The summed E-state index contributed by atoms with van der Waals surface area (Å²) >= 11 is 4.78. The van der Waals surface area contributed by atoms with Crippen LogP contribution in [0.3, 0.4) is 0 Å². The first kappa shape index (κ1) is 12.8. The lowest BCUT2D eigenvalue weighted by atomic mass is 10.3. The molecule has 0 saturated carbocycles. The molecule has 0 radical (unpaired) electrons. The maximum atomic E-state index is 12.1. The molecule has 0 saturated heterocycles. The molecule has 0 bridgehead atoms. The van der Waals surface area contributed by atoms with Crippen LogP contribution in [0, 0.1) is 0 Å². The SMILES string of the molecule is C[C@H](NC(=O)c1ccc(Br)s1)c1nnc2n1CCC2. The largest absolute Gasteiger partial charge is 0.342 e. The van der Waals surface area contributed by atoms with Gasteiger partial charge in [-0.25, -0.2) is 0 Å². The van der Waals surface area contributed by atoms with E-state index in [2.05, 4.69) is 36.0 Å². The quantitative estimate of drug-likeness (QED) is 0.933. The predicted molar refractivity (Wildman–Crippen MR) is 76.2 cm³/mol. The van der Waals surface area contributed by atoms with Crippen LogP contribution in [0.15, 0.2) is 15.9 Å². The van der Waals surface area contributed by atoms with Crippen LogP contribution in [-0.4, -0.2) is 20.7 Å². The van der Waals surface area contributed by atoms with Crippen LogP contribution in [0.25, 0.3) is 0 Å². The fraction of sp³-hybridized carbons (Fsp3) is 0.417. The van der Waals surface area contributed by atoms with E-state index in [0.717, 1.165) is 34.8 Å². The van der Waals surface area contributed by atoms with E-state index in [1.54, 1.807) is 0 Å². The average Bonchev–Trinajstić information content (AvgIpc) is 3.02. The zero-order chi connectivity index (χ0) is 13.4. The Morgan fingerprint density at radius 2 is 2.37 bits per heavy atom. The van der Waals surface area contributed by atoms with Crippen LogP contribution in [0.1, 0.15) is 40.7 Å². The molecular formula is C12H13BrN4OS. The molecule has 1 amide bonds. The molecule has 7 heteroatoms. The highest BCUT2D eigenvalue weighted by Gasteiger charge is 2.22. The summed E-state index contributed by atoms with van der Waals surface area (Å²) in [5.74, 6) is 1.80. The third-order valence-corrected chi connectivity index (χ3v) is 4.79. The van der Waals surface area contributed by atoms with Crippen molar-refractivity contribution in [2.24, 2.45) is 0 Å². The molecule has 2 aromatic heterocycles. The van der Waals surface area contributed by atoms with E-state index in [0.29, 0.717) is 4.88 Å². The summed E-state index contributed by atoms with van der Waals surface area (Å²) in [6.45, 7) is 2.89. The zero-order valence-electron chi connectivity index (χ0n) is 10.4. The van der Waals surface area contributed by atoms with E-state index in [-0.39, 0.29) is 11.9 Å². The molecule has 0 fully saturated rings. The Morgan fingerprint density at radius 3 is 3.11 bits per heavy atom. The summed E-state index contributed by atoms with van der Waals surface area (Å²) in [6, 6.07) is 3.55. The topological polar surface area (TPSA) is 59.8 Å². The molecular weight excluding hydrogens is 328 g/mol. The molecule has 1 aliphatic rings. The van der Waals surface area contributed by atoms with Gasteiger partial charge in [0.1, 0.15) is 5.82 Å². The molecule has 19 heavy (non-hydrogen) atoms. The molecule has 0 unspecified atom stereocenters. The van der Waals surface area contributed by atoms with Crippen molar-refractivity contribution in [3.8, 4) is 0 Å². The van der Waals surface area contributed by atoms with Crippen LogP contribution in [-0.2, 0) is 13.0 Å². The van der Waals surface area contributed by atoms with E-state index in [1.165, 1.54) is 11.3 Å². The zero-order valence-corrected chi connectivity index (χ0v) is 12.8. The number of aryl methyl sites for hydroxylation is 1. The van der Waals surface area contributed by atoms with E-state index < -0.39 is 0 Å². The minimum atomic E-state index is -0.132. The summed E-state index contributed by atoms with van der Waals surface area (Å²) in [5.41, 5.74) is 0. The fourth-order valence-corrected chi connectivity index (χ4v) is 3.55. The molecule has 0 spiro atoms. The fourth-order valence-electron chi connectivity index (χ4n) is 2.26. The number of carbonyl (C=O) groups excluding carboxylic acids is 1. The maximum absolute atomic E-state index is 12.1. The third kappa shape index (κ3) is 2.44. The van der Waals surface area contributed by atoms with Crippen molar-refractivity contribution < 1.29 is 4.79 Å². The van der Waals surface area contributed by atoms with Gasteiger partial charge in [0.05, 0.1) is 14.7 Å². The highest BCUT2D eigenvalue weighted by atomic mass is 79.9. The Labute approximate surface area is 123 Å². The predicted octanol–water partition coefficient (Wildman–Crippen LogP) is 2.54. The lowest BCUT2D eigenvalue weighted by molar-refractivity contribution is 0.0941. The minimum Gasteiger partial charge on any atom is -0.342 e. The number of thiophene rings is 1. The van der Waals surface area contributed by atoms with Gasteiger partial charge >= 0.3 is 0 Å². The Hall–Kier alpha value is -1.21. The molecule has 0 aliphatic carbocycles. The number of hydrogen-bond donors (Lipinski definition) is 1. The average molecular weight is 341 g/mol. The van der Waals surface area contributed by atoms with Crippen molar-refractivity contribution in [1.29, 1.82) is 0 Å². The van der Waals surface area contributed by atoms with Gasteiger partial charge in [0.15, 0.2) is 5.82 Å². The number of nitrogens with zero attached hydrogens (tertiary/aromatic N) is 3. The molecule has 2 aromatic rings. The first-order valence-electron chi connectivity index (χ1n) is 6.13. The molecule has 1 N–H and O–H groups in total. The number of aromatic nitrogens is 3. The Morgan fingerprint density at radius 1 is 1.53 bits per heavy atom. The smallest absolute Gasteiger partial charge is 0.261 e. The van der Waals surface area contributed by atoms with Crippen LogP contribution in [0.5, 0.6) is 0 Å². The van der Waals surface area contributed by atoms with Crippen molar-refractivity contribution in [1.82, 2.24) is 20.1 Å². The highest BCUT2D eigenvalue weighted by molar-refractivity contribution is 9.11. The molecule has 5 nitrogen and oxygen atoms in total. The van der Waals surface area contributed by atoms with Crippen molar-refractivity contribution in [3.05, 3.63) is 32.4 Å². The molecule has 1 aliphatic heterocycles. The van der Waals surface area contributed by atoms with E-state index in [4.69, 9.17) is 0 Å². The van der Waals surface area contributed by atoms with Crippen molar-refractivity contribution in [2.75, 3.05) is 0 Å². The third-order valence-electron chi connectivity index (χ3n) is 3.17. The van der Waals surface area contributed by atoms with Crippen molar-refractivity contribution in [2.45, 2.75) is 32.4 Å². The van der Waals surface area contributed by atoms with Gasteiger partial charge in [-0.3, -0.25) is 4.79 Å². The first-order chi connectivity index (χ1) is 9.15. The van der Waals surface area contributed by atoms with E-state index in [9.17, 15) is 4.79 Å². The summed E-state index contributed by atoms with van der Waals surface area (Å²) < 4.78 is 3.06. The highest BCUT2D eigenvalue weighted by Crippen LogP contribution is 2.23. The first-order valence-corrected chi connectivity index (χ1v) is 7.74. The molecule has 3 rings (SSSR count). The second kappa shape index (κ2) is 5.05. The second-order valence-corrected chi connectivity index (χ2v) is 6.99. The molecule has 0 aromatic carbocycles. The van der Waals surface area contributed by atoms with Gasteiger partial charge in [0, 0.05) is 13.0 Å². The summed E-state index contributed by atoms with van der Waals surface area (Å²) in [7, 11) is 0. The normalized spacial score (nSPS) is 15.3. The van der Waals surface area contributed by atoms with Gasteiger partial charge < -0.3 is 9.88 Å². The maximum Gasteiger partial charge on any atom is 0.261 e. The van der Waals surface area contributed by atoms with E-state index in [1.807, 2.05) is 19.1 Å². The lowest BCUT2D eigenvalue weighted by Gasteiger charge is -2.13. The van der Waals surface area contributed by atoms with Crippen molar-refractivity contribution >= 4 is 33.2 Å². The number of hydrogen-bond acceptors (Lipinski definition) is 4. The number of rotatable bonds is 3. The summed E-state index contributed by atoms with van der Waals surface area (Å²) in [4.78, 5) is 12.8. The summed E-state index contributed by atoms with van der Waals surface area (Å²) in [5, 5.41) is 11.3. The summed E-state index contributed by atoms with van der Waals surface area (Å²) in [6.07, 6.45) is 2.09. The monoisotopic (exact) mass is 340 g/mol. The number of amides is 1. The number of carbonyl (C=O) groups is 1. The van der Waals surface area contributed by atoms with Crippen LogP contribution in [0.2, 0.25) is 0 Å². The van der Waals surface area contributed by atoms with Crippen molar-refractivity contribution in [3.63, 3.8) is 0 Å². The number of nitrogens with one attached hydrogen (secondary N) is 1. The molecule has 100 valence electrons. The number of halogens is 1. The Balaban J connectivity index is 1.74. The van der Waals surface area contributed by atoms with Crippen LogP contribution < -0.4 is 5.32 Å². The van der Waals surface area contributed by atoms with Crippen LogP contribution in [0.4, 0.5) is 0 Å². The second-order valence-electron chi connectivity index (χ2n) is 4.53. The molecule has 1 atom stereocenters. The Bertz CT molecular complexity index is 621.